The van der Waals surface area contributed by atoms with E-state index in [2.05, 4.69) is 25.8 Å². The Hall–Kier alpha value is -3.50. The van der Waals surface area contributed by atoms with Gasteiger partial charge in [-0.1, -0.05) is 0 Å². The Labute approximate surface area is 172 Å². The van der Waals surface area contributed by atoms with Crippen LogP contribution in [0.4, 0.5) is 11.5 Å². The van der Waals surface area contributed by atoms with E-state index in [9.17, 15) is 14.7 Å². The van der Waals surface area contributed by atoms with E-state index in [1.165, 1.54) is 11.1 Å². The lowest BCUT2D eigenvalue weighted by atomic mass is 10.2. The first-order chi connectivity index (χ1) is 14.6. The van der Waals surface area contributed by atoms with Crippen molar-refractivity contribution in [1.29, 1.82) is 0 Å². The molecule has 156 valence electrons. The number of amides is 2. The van der Waals surface area contributed by atoms with Crippen molar-refractivity contribution >= 4 is 34.2 Å². The second kappa shape index (κ2) is 8.89. The molecular formula is C20H22N6O4. The zero-order valence-electron chi connectivity index (χ0n) is 16.2. The number of hydrogen-bond donors (Lipinski definition) is 4. The minimum atomic E-state index is -1.29. The molecule has 0 saturated carbocycles. The molecule has 3 aromatic rings. The zero-order valence-corrected chi connectivity index (χ0v) is 16.2. The van der Waals surface area contributed by atoms with Gasteiger partial charge in [0.05, 0.1) is 37.0 Å². The normalized spacial score (nSPS) is 15.0. The summed E-state index contributed by atoms with van der Waals surface area (Å²) in [6, 6.07) is 9.06. The number of aromatic nitrogens is 3. The molecule has 1 fully saturated rings. The molecule has 1 saturated heterocycles. The first kappa shape index (κ1) is 19.8. The van der Waals surface area contributed by atoms with Gasteiger partial charge in [0.25, 0.3) is 11.8 Å². The fourth-order valence-corrected chi connectivity index (χ4v) is 3.14. The van der Waals surface area contributed by atoms with Crippen molar-refractivity contribution in [3.63, 3.8) is 0 Å². The molecule has 4 rings (SSSR count). The van der Waals surface area contributed by atoms with Crippen molar-refractivity contribution < 1.29 is 19.4 Å². The number of morpholine rings is 1. The fraction of sp³-hybridized carbons (Fsp3) is 0.300. The number of aliphatic hydroxyl groups is 1. The minimum absolute atomic E-state index is 0.167. The number of H-pyrrole nitrogens is 1. The van der Waals surface area contributed by atoms with Gasteiger partial charge in [0, 0.05) is 30.4 Å². The van der Waals surface area contributed by atoms with Crippen LogP contribution in [-0.2, 0) is 9.53 Å². The number of pyridine rings is 1. The summed E-state index contributed by atoms with van der Waals surface area (Å²) in [7, 11) is 0. The summed E-state index contributed by atoms with van der Waals surface area (Å²) in [6.45, 7) is 1.62. The van der Waals surface area contributed by atoms with Crippen LogP contribution in [0.15, 0.2) is 42.7 Å². The number of benzene rings is 1. The molecule has 3 heterocycles. The smallest absolute Gasteiger partial charge is 0.253 e. The summed E-state index contributed by atoms with van der Waals surface area (Å²) in [5.74, 6) is -0.245. The van der Waals surface area contributed by atoms with Crippen LogP contribution >= 0.6 is 0 Å². The number of aliphatic hydroxyl groups excluding tert-OH is 1. The lowest BCUT2D eigenvalue weighted by molar-refractivity contribution is -0.143. The summed E-state index contributed by atoms with van der Waals surface area (Å²) in [6.07, 6.45) is 1.88. The lowest BCUT2D eigenvalue weighted by Crippen LogP contribution is -2.49. The first-order valence-corrected chi connectivity index (χ1v) is 9.59. The summed E-state index contributed by atoms with van der Waals surface area (Å²) in [4.78, 5) is 30.3. The number of nitrogens with one attached hydrogen (secondary N) is 3. The Morgan fingerprint density at radius 3 is 2.80 bits per heavy atom. The molecule has 4 N–H and O–H groups in total. The second-order valence-corrected chi connectivity index (χ2v) is 6.89. The average Bonchev–Trinajstić information content (AvgIpc) is 3.26. The van der Waals surface area contributed by atoms with Gasteiger partial charge in [-0.25, -0.2) is 4.98 Å². The van der Waals surface area contributed by atoms with E-state index in [4.69, 9.17) is 4.74 Å². The topological polar surface area (TPSA) is 132 Å². The molecule has 0 radical (unpaired) electrons. The van der Waals surface area contributed by atoms with Gasteiger partial charge in [0.1, 0.15) is 11.9 Å². The van der Waals surface area contributed by atoms with Crippen LogP contribution in [0.3, 0.4) is 0 Å². The maximum Gasteiger partial charge on any atom is 0.253 e. The van der Waals surface area contributed by atoms with Crippen LogP contribution in [0.2, 0.25) is 0 Å². The van der Waals surface area contributed by atoms with E-state index in [1.807, 2.05) is 18.2 Å². The second-order valence-electron chi connectivity index (χ2n) is 6.89. The third-order valence-electron chi connectivity index (χ3n) is 4.80. The number of ether oxygens (including phenoxy) is 1. The van der Waals surface area contributed by atoms with E-state index in [1.54, 1.807) is 18.3 Å². The van der Waals surface area contributed by atoms with Gasteiger partial charge in [-0.05, 0) is 30.3 Å². The third kappa shape index (κ3) is 4.56. The highest BCUT2D eigenvalue weighted by atomic mass is 16.5. The van der Waals surface area contributed by atoms with Crippen molar-refractivity contribution in [3.05, 3.63) is 48.3 Å². The molecule has 10 nitrogen and oxygen atoms in total. The van der Waals surface area contributed by atoms with Crippen LogP contribution in [0.1, 0.15) is 10.4 Å². The molecule has 0 aliphatic carbocycles. The Balaban J connectivity index is 1.30. The van der Waals surface area contributed by atoms with Crippen LogP contribution in [0.25, 0.3) is 10.9 Å². The van der Waals surface area contributed by atoms with Crippen LogP contribution in [0, 0.1) is 0 Å². The van der Waals surface area contributed by atoms with Gasteiger partial charge < -0.3 is 25.4 Å². The van der Waals surface area contributed by atoms with E-state index < -0.39 is 17.9 Å². The largest absolute Gasteiger partial charge is 0.381 e. The number of carbonyl (C=O) groups is 2. The Kier molecular flexibility index (Phi) is 5.87. The lowest BCUT2D eigenvalue weighted by Gasteiger charge is -2.28. The van der Waals surface area contributed by atoms with E-state index >= 15 is 0 Å². The predicted molar refractivity (Wildman–Crippen MR) is 109 cm³/mol. The number of anilines is 2. The standard InChI is InChI=1S/C20H22N6O4/c27-17(20(29)26-5-7-30-8-6-26)12-22-19(28)13-1-4-18(21-10-13)24-15-2-3-16-14(9-15)11-23-25-16/h1-4,9-11,17,27H,5-8,12H2,(H,21,24)(H,22,28)(H,23,25). The van der Waals surface area contributed by atoms with Crippen LogP contribution < -0.4 is 10.6 Å². The molecule has 1 atom stereocenters. The van der Waals surface area contributed by atoms with E-state index in [0.717, 1.165) is 16.6 Å². The summed E-state index contributed by atoms with van der Waals surface area (Å²) < 4.78 is 5.19. The van der Waals surface area contributed by atoms with Crippen molar-refractivity contribution in [1.82, 2.24) is 25.4 Å². The number of hydrogen-bond acceptors (Lipinski definition) is 7. The highest BCUT2D eigenvalue weighted by Gasteiger charge is 2.24. The molecule has 10 heteroatoms. The monoisotopic (exact) mass is 410 g/mol. The number of nitrogens with zero attached hydrogens (tertiary/aromatic N) is 3. The molecule has 1 aliphatic heterocycles. The predicted octanol–water partition coefficient (Wildman–Crippen LogP) is 0.651. The van der Waals surface area contributed by atoms with Crippen LogP contribution in [0.5, 0.6) is 0 Å². The molecule has 30 heavy (non-hydrogen) atoms. The van der Waals surface area contributed by atoms with Crippen molar-refractivity contribution in [2.24, 2.45) is 0 Å². The summed E-state index contributed by atoms with van der Waals surface area (Å²) in [5.41, 5.74) is 2.12. The summed E-state index contributed by atoms with van der Waals surface area (Å²) in [5, 5.41) is 23.6. The Morgan fingerprint density at radius 1 is 1.20 bits per heavy atom. The zero-order chi connectivity index (χ0) is 20.9. The maximum atomic E-state index is 12.3. The molecule has 2 amide bonds. The van der Waals surface area contributed by atoms with Gasteiger partial charge in [0.15, 0.2) is 0 Å². The SMILES string of the molecule is O=C(NCC(O)C(=O)N1CCOCC1)c1ccc(Nc2ccc3[nH]ncc3c2)nc1. The van der Waals surface area contributed by atoms with Gasteiger partial charge in [-0.3, -0.25) is 14.7 Å². The summed E-state index contributed by atoms with van der Waals surface area (Å²) >= 11 is 0. The molecule has 0 spiro atoms. The number of rotatable bonds is 6. The van der Waals surface area contributed by atoms with Crippen molar-refractivity contribution in [3.8, 4) is 0 Å². The van der Waals surface area contributed by atoms with E-state index in [-0.39, 0.29) is 6.54 Å². The molecule has 0 bridgehead atoms. The number of aromatic amines is 1. The fourth-order valence-electron chi connectivity index (χ4n) is 3.14. The highest BCUT2D eigenvalue weighted by molar-refractivity contribution is 5.94. The minimum Gasteiger partial charge on any atom is -0.381 e. The molecular weight excluding hydrogens is 388 g/mol. The molecule has 1 aliphatic rings. The number of fused-ring (bicyclic) bond motifs is 1. The molecule has 1 unspecified atom stereocenters. The van der Waals surface area contributed by atoms with Crippen LogP contribution in [-0.4, -0.2) is 76.0 Å². The van der Waals surface area contributed by atoms with Gasteiger partial charge >= 0.3 is 0 Å². The maximum absolute atomic E-state index is 12.3. The third-order valence-corrected chi connectivity index (χ3v) is 4.80. The Morgan fingerprint density at radius 2 is 2.03 bits per heavy atom. The van der Waals surface area contributed by atoms with Gasteiger partial charge in [-0.15, -0.1) is 0 Å². The molecule has 1 aromatic carbocycles. The van der Waals surface area contributed by atoms with Crippen molar-refractivity contribution in [2.75, 3.05) is 38.2 Å². The quantitative estimate of drug-likeness (QED) is 0.469. The first-order valence-electron chi connectivity index (χ1n) is 9.59. The average molecular weight is 410 g/mol. The van der Waals surface area contributed by atoms with E-state index in [0.29, 0.717) is 37.7 Å². The van der Waals surface area contributed by atoms with Gasteiger partial charge in [0.2, 0.25) is 0 Å². The number of carbonyl (C=O) groups excluding carboxylic acids is 2. The molecule has 2 aromatic heterocycles. The van der Waals surface area contributed by atoms with Gasteiger partial charge in [-0.2, -0.15) is 5.10 Å². The Bertz CT molecular complexity index is 1030. The van der Waals surface area contributed by atoms with Crippen molar-refractivity contribution in [2.45, 2.75) is 6.10 Å². The highest BCUT2D eigenvalue weighted by Crippen LogP contribution is 2.20.